The Balaban J connectivity index is 2.10. The van der Waals surface area contributed by atoms with Gasteiger partial charge in [0.05, 0.1) is 5.41 Å². The van der Waals surface area contributed by atoms with Gasteiger partial charge < -0.3 is 10.2 Å². The highest BCUT2D eigenvalue weighted by Gasteiger charge is 2.59. The summed E-state index contributed by atoms with van der Waals surface area (Å²) in [6.07, 6.45) is 3.52. The number of Topliss-reactive ketones (excluding diaryl/α,β-unsaturated/α-hetero) is 1. The van der Waals surface area contributed by atoms with Crippen molar-refractivity contribution in [1.82, 2.24) is 0 Å². The van der Waals surface area contributed by atoms with Crippen LogP contribution in [0.3, 0.4) is 0 Å². The average Bonchev–Trinajstić information content (AvgIpc) is 2.43. The van der Waals surface area contributed by atoms with Crippen molar-refractivity contribution in [3.05, 3.63) is 42.0 Å². The normalized spacial score (nSPS) is 36.2. The number of rotatable bonds is 1. The third kappa shape index (κ3) is 1.58. The first-order chi connectivity index (χ1) is 9.38. The fourth-order valence-corrected chi connectivity index (χ4v) is 3.41. The summed E-state index contributed by atoms with van der Waals surface area (Å²) in [7, 11) is 0. The van der Waals surface area contributed by atoms with Crippen molar-refractivity contribution in [3.63, 3.8) is 0 Å². The third-order valence-electron chi connectivity index (χ3n) is 4.69. The highest BCUT2D eigenvalue weighted by atomic mass is 16.3. The van der Waals surface area contributed by atoms with Gasteiger partial charge in [0.1, 0.15) is 11.4 Å². The summed E-state index contributed by atoms with van der Waals surface area (Å²) >= 11 is 0. The Morgan fingerprint density at radius 3 is 2.50 bits per heavy atom. The van der Waals surface area contributed by atoms with Crippen LogP contribution in [0, 0.1) is 5.41 Å². The molecule has 2 aliphatic rings. The van der Waals surface area contributed by atoms with Gasteiger partial charge in [0, 0.05) is 5.92 Å². The number of aromatic hydroxyl groups is 1. The number of phenols is 1. The molecule has 1 fully saturated rings. The first-order valence-corrected chi connectivity index (χ1v) is 6.68. The molecular formula is C16H16O4. The van der Waals surface area contributed by atoms with Crippen LogP contribution in [0.1, 0.15) is 31.2 Å². The molecule has 4 heteroatoms. The van der Waals surface area contributed by atoms with E-state index in [2.05, 4.69) is 0 Å². The van der Waals surface area contributed by atoms with Gasteiger partial charge in [-0.2, -0.15) is 0 Å². The Hall–Kier alpha value is -1.94. The second kappa shape index (κ2) is 4.03. The standard InChI is InChI=1S/C16H16O4/c1-15-12(10-2-4-11(17)5-3-10)6-8-16(20,14(15)19)9-7-13(15)18/h2-5,7,9,12,17,20H,6,8H2,1H3/t12-,15-,16-/m0/s1. The number of benzene rings is 1. The minimum absolute atomic E-state index is 0.146. The molecule has 4 nitrogen and oxygen atoms in total. The zero-order valence-corrected chi connectivity index (χ0v) is 11.2. The van der Waals surface area contributed by atoms with Crippen LogP contribution >= 0.6 is 0 Å². The molecule has 0 radical (unpaired) electrons. The number of hydrogen-bond acceptors (Lipinski definition) is 4. The number of ketones is 2. The molecule has 20 heavy (non-hydrogen) atoms. The molecular weight excluding hydrogens is 256 g/mol. The fraction of sp³-hybridized carbons (Fsp3) is 0.375. The molecule has 0 heterocycles. The van der Waals surface area contributed by atoms with E-state index in [1.165, 1.54) is 12.2 Å². The Kier molecular flexibility index (Phi) is 2.63. The van der Waals surface area contributed by atoms with Crippen LogP contribution in [0.25, 0.3) is 0 Å². The maximum Gasteiger partial charge on any atom is 0.182 e. The highest BCUT2D eigenvalue weighted by molar-refractivity contribution is 6.18. The zero-order valence-electron chi connectivity index (χ0n) is 11.2. The average molecular weight is 272 g/mol. The number of allylic oxidation sites excluding steroid dienone is 1. The van der Waals surface area contributed by atoms with Crippen LogP contribution in [0.4, 0.5) is 0 Å². The first kappa shape index (κ1) is 13.1. The van der Waals surface area contributed by atoms with E-state index in [9.17, 15) is 19.8 Å². The van der Waals surface area contributed by atoms with Gasteiger partial charge in [-0.05, 0) is 49.6 Å². The SMILES string of the molecule is C[C@@]12C(=O)C=C[C@@](O)(CC[C@H]1c1ccc(O)cc1)C2=O. The summed E-state index contributed by atoms with van der Waals surface area (Å²) in [6.45, 7) is 1.61. The number of aliphatic hydroxyl groups is 1. The summed E-state index contributed by atoms with van der Waals surface area (Å²) in [5.74, 6) is -0.799. The molecule has 0 amide bonds. The van der Waals surface area contributed by atoms with E-state index in [-0.39, 0.29) is 17.5 Å². The van der Waals surface area contributed by atoms with E-state index < -0.39 is 16.8 Å². The lowest BCUT2D eigenvalue weighted by Gasteiger charge is -2.47. The van der Waals surface area contributed by atoms with E-state index in [4.69, 9.17) is 0 Å². The molecule has 2 aliphatic carbocycles. The zero-order chi connectivity index (χ0) is 14.5. The molecule has 0 unspecified atom stereocenters. The molecule has 3 rings (SSSR count). The van der Waals surface area contributed by atoms with Gasteiger partial charge in [-0.25, -0.2) is 0 Å². The number of hydrogen-bond donors (Lipinski definition) is 2. The predicted octanol–water partition coefficient (Wildman–Crippen LogP) is 1.71. The summed E-state index contributed by atoms with van der Waals surface area (Å²) in [5.41, 5.74) is -1.89. The number of phenolic OH excluding ortho intramolecular Hbond substituents is 1. The van der Waals surface area contributed by atoms with Gasteiger partial charge in [0.25, 0.3) is 0 Å². The monoisotopic (exact) mass is 272 g/mol. The summed E-state index contributed by atoms with van der Waals surface area (Å²) in [6, 6.07) is 6.56. The summed E-state index contributed by atoms with van der Waals surface area (Å²) < 4.78 is 0. The Morgan fingerprint density at radius 2 is 1.85 bits per heavy atom. The van der Waals surface area contributed by atoms with Crippen LogP contribution in [0.5, 0.6) is 5.75 Å². The topological polar surface area (TPSA) is 74.6 Å². The minimum atomic E-state index is -1.50. The van der Waals surface area contributed by atoms with Crippen molar-refractivity contribution < 1.29 is 19.8 Å². The minimum Gasteiger partial charge on any atom is -0.508 e. The molecule has 0 saturated heterocycles. The van der Waals surface area contributed by atoms with Gasteiger partial charge in [-0.15, -0.1) is 0 Å². The molecule has 0 aromatic heterocycles. The van der Waals surface area contributed by atoms with E-state index in [1.54, 1.807) is 31.2 Å². The van der Waals surface area contributed by atoms with Gasteiger partial charge in [-0.1, -0.05) is 12.1 Å². The van der Waals surface area contributed by atoms with Gasteiger partial charge in [-0.3, -0.25) is 9.59 Å². The Labute approximate surface area is 116 Å². The quantitative estimate of drug-likeness (QED) is 0.763. The lowest BCUT2D eigenvalue weighted by molar-refractivity contribution is -0.156. The molecule has 2 N–H and O–H groups in total. The van der Waals surface area contributed by atoms with Crippen molar-refractivity contribution in [3.8, 4) is 5.75 Å². The molecule has 0 spiro atoms. The molecule has 2 bridgehead atoms. The van der Waals surface area contributed by atoms with E-state index in [0.29, 0.717) is 12.8 Å². The van der Waals surface area contributed by atoms with E-state index in [1.807, 2.05) is 0 Å². The Morgan fingerprint density at radius 1 is 1.20 bits per heavy atom. The fourth-order valence-electron chi connectivity index (χ4n) is 3.41. The lowest BCUT2D eigenvalue weighted by atomic mass is 9.55. The highest BCUT2D eigenvalue weighted by Crippen LogP contribution is 2.51. The maximum atomic E-state index is 12.5. The van der Waals surface area contributed by atoms with Crippen molar-refractivity contribution >= 4 is 11.6 Å². The largest absolute Gasteiger partial charge is 0.508 e. The van der Waals surface area contributed by atoms with E-state index >= 15 is 0 Å². The van der Waals surface area contributed by atoms with Gasteiger partial charge in [0.15, 0.2) is 11.6 Å². The molecule has 1 aromatic rings. The summed E-state index contributed by atoms with van der Waals surface area (Å²) in [5, 5.41) is 19.7. The van der Waals surface area contributed by atoms with Crippen LogP contribution < -0.4 is 0 Å². The predicted molar refractivity (Wildman–Crippen MR) is 72.3 cm³/mol. The van der Waals surface area contributed by atoms with Crippen molar-refractivity contribution in [1.29, 1.82) is 0 Å². The first-order valence-electron chi connectivity index (χ1n) is 6.68. The third-order valence-corrected chi connectivity index (χ3v) is 4.69. The number of fused-ring (bicyclic) bond motifs is 2. The van der Waals surface area contributed by atoms with Crippen LogP contribution in [0.15, 0.2) is 36.4 Å². The number of carbonyl (C=O) groups is 2. The lowest BCUT2D eigenvalue weighted by Crippen LogP contribution is -2.58. The van der Waals surface area contributed by atoms with Crippen molar-refractivity contribution in [2.45, 2.75) is 31.3 Å². The molecule has 104 valence electrons. The molecule has 3 atom stereocenters. The second-order valence-electron chi connectivity index (χ2n) is 5.84. The second-order valence-corrected chi connectivity index (χ2v) is 5.84. The summed E-state index contributed by atoms with van der Waals surface area (Å²) in [4.78, 5) is 24.8. The van der Waals surface area contributed by atoms with Crippen molar-refractivity contribution in [2.24, 2.45) is 5.41 Å². The smallest absolute Gasteiger partial charge is 0.182 e. The van der Waals surface area contributed by atoms with Crippen LogP contribution in [0.2, 0.25) is 0 Å². The van der Waals surface area contributed by atoms with Gasteiger partial charge >= 0.3 is 0 Å². The molecule has 0 aliphatic heterocycles. The molecule has 1 saturated carbocycles. The molecule has 1 aromatic carbocycles. The number of carbonyl (C=O) groups excluding carboxylic acids is 2. The van der Waals surface area contributed by atoms with Gasteiger partial charge in [0.2, 0.25) is 0 Å². The van der Waals surface area contributed by atoms with Crippen molar-refractivity contribution in [2.75, 3.05) is 0 Å². The van der Waals surface area contributed by atoms with E-state index in [0.717, 1.165) is 5.56 Å². The maximum absolute atomic E-state index is 12.5. The Bertz CT molecular complexity index is 616. The van der Waals surface area contributed by atoms with Crippen LogP contribution in [-0.2, 0) is 9.59 Å². The van der Waals surface area contributed by atoms with Crippen LogP contribution in [-0.4, -0.2) is 27.4 Å².